The summed E-state index contributed by atoms with van der Waals surface area (Å²) in [4.78, 5) is 0. The Kier molecular flexibility index (Phi) is 6.96. The van der Waals surface area contributed by atoms with Gasteiger partial charge in [-0.25, -0.2) is 0 Å². The van der Waals surface area contributed by atoms with E-state index < -0.39 is 0 Å². The quantitative estimate of drug-likeness (QED) is 0.682. The van der Waals surface area contributed by atoms with Crippen molar-refractivity contribution in [1.82, 2.24) is 5.32 Å². The largest absolute Gasteiger partial charge is 0.490 e. The SMILES string of the molecule is C=C(CNCC)COc1ccccc1OCCC. The van der Waals surface area contributed by atoms with Gasteiger partial charge in [-0.05, 0) is 30.7 Å². The Morgan fingerprint density at radius 1 is 1.17 bits per heavy atom. The first kappa shape index (κ1) is 14.6. The van der Waals surface area contributed by atoms with Gasteiger partial charge in [-0.1, -0.05) is 32.6 Å². The number of para-hydroxylation sites is 2. The second kappa shape index (κ2) is 8.59. The van der Waals surface area contributed by atoms with Crippen LogP contribution in [0, 0.1) is 0 Å². The molecule has 1 aromatic rings. The second-order valence-corrected chi connectivity index (χ2v) is 4.11. The van der Waals surface area contributed by atoms with Gasteiger partial charge in [0.1, 0.15) is 6.61 Å². The third kappa shape index (κ3) is 5.23. The molecule has 3 heteroatoms. The van der Waals surface area contributed by atoms with Gasteiger partial charge in [0.05, 0.1) is 6.61 Å². The second-order valence-electron chi connectivity index (χ2n) is 4.11. The molecule has 0 unspecified atom stereocenters. The van der Waals surface area contributed by atoms with Crippen LogP contribution in [0.4, 0.5) is 0 Å². The minimum Gasteiger partial charge on any atom is -0.490 e. The number of benzene rings is 1. The summed E-state index contributed by atoms with van der Waals surface area (Å²) in [5, 5.41) is 3.22. The maximum Gasteiger partial charge on any atom is 0.161 e. The summed E-state index contributed by atoms with van der Waals surface area (Å²) in [6.07, 6.45) is 0.988. The Bertz CT molecular complexity index is 363. The summed E-state index contributed by atoms with van der Waals surface area (Å²) in [6.45, 7) is 11.1. The standard InChI is InChI=1S/C15H23NO2/c1-4-10-17-14-8-6-7-9-15(14)18-12-13(3)11-16-5-2/h6-9,16H,3-5,10-12H2,1-2H3. The van der Waals surface area contributed by atoms with Gasteiger partial charge < -0.3 is 14.8 Å². The van der Waals surface area contributed by atoms with Crippen molar-refractivity contribution in [3.63, 3.8) is 0 Å². The van der Waals surface area contributed by atoms with Crippen LogP contribution in [0.25, 0.3) is 0 Å². The van der Waals surface area contributed by atoms with Crippen molar-refractivity contribution in [2.24, 2.45) is 0 Å². The van der Waals surface area contributed by atoms with Gasteiger partial charge >= 0.3 is 0 Å². The van der Waals surface area contributed by atoms with E-state index in [0.717, 1.165) is 36.6 Å². The summed E-state index contributed by atoms with van der Waals surface area (Å²) in [5.74, 6) is 1.58. The zero-order valence-corrected chi connectivity index (χ0v) is 11.4. The zero-order chi connectivity index (χ0) is 13.2. The molecule has 0 heterocycles. The van der Waals surface area contributed by atoms with Crippen molar-refractivity contribution in [2.45, 2.75) is 20.3 Å². The molecule has 0 radical (unpaired) electrons. The number of hydrogen-bond donors (Lipinski definition) is 1. The lowest BCUT2D eigenvalue weighted by Crippen LogP contribution is -2.18. The van der Waals surface area contributed by atoms with Gasteiger partial charge in [0.2, 0.25) is 0 Å². The zero-order valence-electron chi connectivity index (χ0n) is 11.4. The van der Waals surface area contributed by atoms with E-state index in [1.54, 1.807) is 0 Å². The van der Waals surface area contributed by atoms with Crippen molar-refractivity contribution in [2.75, 3.05) is 26.3 Å². The summed E-state index contributed by atoms with van der Waals surface area (Å²) in [5.41, 5.74) is 1.03. The minimum atomic E-state index is 0.513. The fraction of sp³-hybridized carbons (Fsp3) is 0.467. The Morgan fingerprint density at radius 3 is 2.44 bits per heavy atom. The van der Waals surface area contributed by atoms with Gasteiger partial charge in [0.25, 0.3) is 0 Å². The van der Waals surface area contributed by atoms with Crippen molar-refractivity contribution in [3.05, 3.63) is 36.4 Å². The first-order chi connectivity index (χ1) is 8.77. The first-order valence-corrected chi connectivity index (χ1v) is 6.49. The van der Waals surface area contributed by atoms with Crippen LogP contribution in [0.3, 0.4) is 0 Å². The maximum atomic E-state index is 5.73. The molecule has 0 aliphatic carbocycles. The van der Waals surface area contributed by atoms with Crippen LogP contribution in [-0.4, -0.2) is 26.3 Å². The van der Waals surface area contributed by atoms with Crippen LogP contribution in [-0.2, 0) is 0 Å². The summed E-state index contributed by atoms with van der Waals surface area (Å²) in [7, 11) is 0. The van der Waals surface area contributed by atoms with Crippen molar-refractivity contribution in [3.8, 4) is 11.5 Å². The van der Waals surface area contributed by atoms with Crippen molar-refractivity contribution < 1.29 is 9.47 Å². The minimum absolute atomic E-state index is 0.513. The third-order valence-electron chi connectivity index (χ3n) is 2.37. The number of nitrogens with one attached hydrogen (secondary N) is 1. The predicted molar refractivity (Wildman–Crippen MR) is 75.4 cm³/mol. The fourth-order valence-electron chi connectivity index (χ4n) is 1.43. The van der Waals surface area contributed by atoms with Crippen LogP contribution in [0.1, 0.15) is 20.3 Å². The summed E-state index contributed by atoms with van der Waals surface area (Å²) < 4.78 is 11.4. The summed E-state index contributed by atoms with van der Waals surface area (Å²) in [6, 6.07) is 7.75. The molecule has 0 fully saturated rings. The van der Waals surface area contributed by atoms with Crippen molar-refractivity contribution in [1.29, 1.82) is 0 Å². The molecule has 1 aromatic carbocycles. The molecular weight excluding hydrogens is 226 g/mol. The highest BCUT2D eigenvalue weighted by Gasteiger charge is 2.04. The normalized spacial score (nSPS) is 10.1. The molecule has 0 atom stereocenters. The molecule has 0 saturated carbocycles. The van der Waals surface area contributed by atoms with E-state index in [9.17, 15) is 0 Å². The Hall–Kier alpha value is -1.48. The average Bonchev–Trinajstić information content (AvgIpc) is 2.41. The van der Waals surface area contributed by atoms with Gasteiger partial charge in [-0.15, -0.1) is 0 Å². The van der Waals surface area contributed by atoms with E-state index in [4.69, 9.17) is 9.47 Å². The van der Waals surface area contributed by atoms with Gasteiger partial charge in [0, 0.05) is 6.54 Å². The fourth-order valence-corrected chi connectivity index (χ4v) is 1.43. The Morgan fingerprint density at radius 2 is 1.83 bits per heavy atom. The van der Waals surface area contributed by atoms with Gasteiger partial charge in [-0.3, -0.25) is 0 Å². The average molecular weight is 249 g/mol. The lowest BCUT2D eigenvalue weighted by molar-refractivity contribution is 0.280. The molecule has 1 N–H and O–H groups in total. The molecule has 0 aliphatic rings. The lowest BCUT2D eigenvalue weighted by Gasteiger charge is -2.13. The molecule has 1 rings (SSSR count). The molecule has 0 bridgehead atoms. The number of likely N-dealkylation sites (N-methyl/N-ethyl adjacent to an activating group) is 1. The molecule has 18 heavy (non-hydrogen) atoms. The Balaban J connectivity index is 2.47. The molecule has 0 amide bonds. The van der Waals surface area contributed by atoms with Crippen LogP contribution >= 0.6 is 0 Å². The molecular formula is C15H23NO2. The Labute approximate surface area is 110 Å². The number of hydrogen-bond acceptors (Lipinski definition) is 3. The van der Waals surface area contributed by atoms with E-state index in [-0.39, 0.29) is 0 Å². The number of ether oxygens (including phenoxy) is 2. The highest BCUT2D eigenvalue weighted by atomic mass is 16.5. The first-order valence-electron chi connectivity index (χ1n) is 6.49. The molecule has 0 spiro atoms. The predicted octanol–water partition coefficient (Wildman–Crippen LogP) is 3.02. The van der Waals surface area contributed by atoms with E-state index in [2.05, 4.69) is 25.7 Å². The van der Waals surface area contributed by atoms with Crippen molar-refractivity contribution >= 4 is 0 Å². The van der Waals surface area contributed by atoms with Gasteiger partial charge in [0.15, 0.2) is 11.5 Å². The third-order valence-corrected chi connectivity index (χ3v) is 2.37. The molecule has 0 saturated heterocycles. The molecule has 100 valence electrons. The van der Waals surface area contributed by atoms with Crippen LogP contribution in [0.15, 0.2) is 36.4 Å². The topological polar surface area (TPSA) is 30.5 Å². The molecule has 0 aromatic heterocycles. The van der Waals surface area contributed by atoms with Crippen LogP contribution in [0.2, 0.25) is 0 Å². The van der Waals surface area contributed by atoms with E-state index >= 15 is 0 Å². The molecule has 0 aliphatic heterocycles. The molecule has 3 nitrogen and oxygen atoms in total. The smallest absolute Gasteiger partial charge is 0.161 e. The van der Waals surface area contributed by atoms with Gasteiger partial charge in [-0.2, -0.15) is 0 Å². The monoisotopic (exact) mass is 249 g/mol. The number of rotatable bonds is 9. The van der Waals surface area contributed by atoms with E-state index in [1.807, 2.05) is 24.3 Å². The highest BCUT2D eigenvalue weighted by molar-refractivity contribution is 5.39. The maximum absolute atomic E-state index is 5.73. The van der Waals surface area contributed by atoms with E-state index in [1.165, 1.54) is 0 Å². The van der Waals surface area contributed by atoms with E-state index in [0.29, 0.717) is 13.2 Å². The highest BCUT2D eigenvalue weighted by Crippen LogP contribution is 2.26. The van der Waals surface area contributed by atoms with Crippen LogP contribution in [0.5, 0.6) is 11.5 Å². The lowest BCUT2D eigenvalue weighted by atomic mass is 10.3. The summed E-state index contributed by atoms with van der Waals surface area (Å²) >= 11 is 0. The van der Waals surface area contributed by atoms with Crippen LogP contribution < -0.4 is 14.8 Å².